The molecule has 2 aliphatic heterocycles. The summed E-state index contributed by atoms with van der Waals surface area (Å²) in [5.41, 5.74) is 10.3. The summed E-state index contributed by atoms with van der Waals surface area (Å²) in [7, 11) is 3.93. The van der Waals surface area contributed by atoms with Gasteiger partial charge in [0.25, 0.3) is 5.91 Å². The molecule has 0 atom stereocenters. The number of likely N-dealkylation sites (N-methyl/N-ethyl adjacent to an activating group) is 1. The molecule has 3 aromatic rings. The maximum Gasteiger partial charge on any atom is 0.255 e. The minimum atomic E-state index is -0.156. The predicted octanol–water partition coefficient (Wildman–Crippen LogP) is 2.94. The molecule has 0 aliphatic carbocycles. The van der Waals surface area contributed by atoms with E-state index in [9.17, 15) is 4.79 Å². The van der Waals surface area contributed by atoms with Crippen LogP contribution in [0.15, 0.2) is 65.9 Å². The first-order chi connectivity index (χ1) is 19.0. The van der Waals surface area contributed by atoms with E-state index in [-0.39, 0.29) is 5.91 Å². The number of aromatic nitrogens is 1. The van der Waals surface area contributed by atoms with Gasteiger partial charge in [-0.25, -0.2) is 4.98 Å². The van der Waals surface area contributed by atoms with Gasteiger partial charge in [0.1, 0.15) is 5.82 Å². The molecule has 0 spiro atoms. The van der Waals surface area contributed by atoms with Gasteiger partial charge in [0.05, 0.1) is 18.9 Å². The first-order valence-corrected chi connectivity index (χ1v) is 13.5. The largest absolute Gasteiger partial charge is 0.404 e. The van der Waals surface area contributed by atoms with E-state index in [1.54, 1.807) is 18.5 Å². The monoisotopic (exact) mass is 527 g/mol. The minimum Gasteiger partial charge on any atom is -0.404 e. The fourth-order valence-corrected chi connectivity index (χ4v) is 5.07. The SMILES string of the molecule is CN=C(CN1CCOCC1)C(=CN)c1ccc2ccc(NC(=O)c3ccnc(N4CCN(C)CC4)c3)cc2c1. The zero-order valence-electron chi connectivity index (χ0n) is 22.8. The lowest BCUT2D eigenvalue weighted by atomic mass is 9.97. The Morgan fingerprint density at radius 3 is 2.51 bits per heavy atom. The molecule has 3 heterocycles. The number of nitrogens with zero attached hydrogens (tertiary/aromatic N) is 5. The number of anilines is 2. The molecule has 1 amide bonds. The molecule has 3 N–H and O–H groups in total. The second kappa shape index (κ2) is 12.4. The van der Waals surface area contributed by atoms with Crippen molar-refractivity contribution in [3.8, 4) is 0 Å². The Balaban J connectivity index is 1.32. The topological polar surface area (TPSA) is 99.3 Å². The number of nitrogens with two attached hydrogens (primary N) is 1. The van der Waals surface area contributed by atoms with E-state index in [0.717, 1.165) is 98.2 Å². The van der Waals surface area contributed by atoms with Gasteiger partial charge in [-0.1, -0.05) is 18.2 Å². The zero-order valence-corrected chi connectivity index (χ0v) is 22.8. The molecular formula is C30H37N7O2. The van der Waals surface area contributed by atoms with E-state index in [1.807, 2.05) is 31.3 Å². The molecule has 0 unspecified atom stereocenters. The first-order valence-electron chi connectivity index (χ1n) is 13.5. The number of carbonyl (C=O) groups excluding carboxylic acids is 1. The van der Waals surface area contributed by atoms with Crippen LogP contribution in [-0.4, -0.2) is 99.5 Å². The number of piperazine rings is 1. The molecule has 2 saturated heterocycles. The van der Waals surface area contributed by atoms with Crippen LogP contribution >= 0.6 is 0 Å². The van der Waals surface area contributed by atoms with Crippen LogP contribution in [-0.2, 0) is 4.74 Å². The fourth-order valence-electron chi connectivity index (χ4n) is 5.07. The van der Waals surface area contributed by atoms with Crippen molar-refractivity contribution in [1.82, 2.24) is 14.8 Å². The van der Waals surface area contributed by atoms with Gasteiger partial charge in [0.15, 0.2) is 0 Å². The van der Waals surface area contributed by atoms with Crippen LogP contribution in [0, 0.1) is 0 Å². The molecule has 39 heavy (non-hydrogen) atoms. The van der Waals surface area contributed by atoms with Gasteiger partial charge in [-0.3, -0.25) is 14.7 Å². The molecule has 2 fully saturated rings. The quantitative estimate of drug-likeness (QED) is 0.456. The third kappa shape index (κ3) is 6.44. The fraction of sp³-hybridized carbons (Fsp3) is 0.367. The second-order valence-corrected chi connectivity index (χ2v) is 10.1. The van der Waals surface area contributed by atoms with E-state index < -0.39 is 0 Å². The Bertz CT molecular complexity index is 1370. The Kier molecular flexibility index (Phi) is 8.51. The Labute approximate surface area is 230 Å². The molecule has 2 aliphatic rings. The summed E-state index contributed by atoms with van der Waals surface area (Å²) in [6.07, 6.45) is 3.34. The predicted molar refractivity (Wildman–Crippen MR) is 159 cm³/mol. The number of morpholine rings is 1. The molecular weight excluding hydrogens is 490 g/mol. The van der Waals surface area contributed by atoms with E-state index in [1.165, 1.54) is 0 Å². The van der Waals surface area contributed by atoms with Gasteiger partial charge in [0.2, 0.25) is 0 Å². The summed E-state index contributed by atoms with van der Waals surface area (Å²) in [5.74, 6) is 0.683. The molecule has 0 saturated carbocycles. The van der Waals surface area contributed by atoms with Crippen LogP contribution in [0.25, 0.3) is 16.3 Å². The van der Waals surface area contributed by atoms with Gasteiger partial charge >= 0.3 is 0 Å². The van der Waals surface area contributed by atoms with Crippen LogP contribution in [0.4, 0.5) is 11.5 Å². The van der Waals surface area contributed by atoms with Gasteiger partial charge in [0, 0.05) is 82.1 Å². The highest BCUT2D eigenvalue weighted by atomic mass is 16.5. The highest BCUT2D eigenvalue weighted by Crippen LogP contribution is 2.26. The van der Waals surface area contributed by atoms with Crippen molar-refractivity contribution in [3.63, 3.8) is 0 Å². The summed E-state index contributed by atoms with van der Waals surface area (Å²) >= 11 is 0. The number of nitrogens with one attached hydrogen (secondary N) is 1. The molecule has 204 valence electrons. The number of fused-ring (bicyclic) bond motifs is 1. The van der Waals surface area contributed by atoms with Crippen LogP contribution < -0.4 is 16.0 Å². The first kappa shape index (κ1) is 26.8. The molecule has 0 bridgehead atoms. The van der Waals surface area contributed by atoms with Gasteiger partial charge in [-0.05, 0) is 53.7 Å². The van der Waals surface area contributed by atoms with Crippen molar-refractivity contribution >= 4 is 39.5 Å². The maximum atomic E-state index is 13.2. The third-order valence-corrected chi connectivity index (χ3v) is 7.47. The Hall–Kier alpha value is -3.79. The molecule has 9 nitrogen and oxygen atoms in total. The maximum absolute atomic E-state index is 13.2. The number of aliphatic imine (C=N–C) groups is 1. The lowest BCUT2D eigenvalue weighted by molar-refractivity contribution is 0.0454. The Morgan fingerprint density at radius 2 is 1.77 bits per heavy atom. The van der Waals surface area contributed by atoms with Crippen molar-refractivity contribution in [3.05, 3.63) is 72.1 Å². The normalized spacial score (nSPS) is 17.9. The number of hydrogen-bond donors (Lipinski definition) is 2. The summed E-state index contributed by atoms with van der Waals surface area (Å²) in [6.45, 7) is 7.72. The van der Waals surface area contributed by atoms with E-state index in [0.29, 0.717) is 5.56 Å². The molecule has 1 aromatic heterocycles. The van der Waals surface area contributed by atoms with E-state index >= 15 is 0 Å². The van der Waals surface area contributed by atoms with Crippen molar-refractivity contribution in [2.45, 2.75) is 0 Å². The summed E-state index contributed by atoms with van der Waals surface area (Å²) in [6, 6.07) is 15.8. The average Bonchev–Trinajstić information content (AvgIpc) is 2.97. The third-order valence-electron chi connectivity index (χ3n) is 7.47. The van der Waals surface area contributed by atoms with Crippen molar-refractivity contribution < 1.29 is 9.53 Å². The number of pyridine rings is 1. The lowest BCUT2D eigenvalue weighted by Gasteiger charge is -2.33. The molecule has 2 aromatic carbocycles. The molecule has 9 heteroatoms. The zero-order chi connectivity index (χ0) is 27.2. The van der Waals surface area contributed by atoms with Crippen LogP contribution in [0.3, 0.4) is 0 Å². The van der Waals surface area contributed by atoms with Gasteiger partial charge in [-0.15, -0.1) is 0 Å². The molecule has 0 radical (unpaired) electrons. The van der Waals surface area contributed by atoms with E-state index in [2.05, 4.69) is 55.2 Å². The standard InChI is InChI=1S/C30H37N7O2/c1-32-28(21-36-13-15-39-16-14-36)27(20-31)23-4-3-22-5-6-26(18-25(22)17-23)34-30(38)24-7-8-33-29(19-24)37-11-9-35(2)10-12-37/h3-8,17-20H,9-16,21,31H2,1-2H3,(H,34,38). The number of hydrogen-bond acceptors (Lipinski definition) is 8. The van der Waals surface area contributed by atoms with Crippen molar-refractivity contribution in [2.24, 2.45) is 10.7 Å². The minimum absolute atomic E-state index is 0.156. The highest BCUT2D eigenvalue weighted by molar-refractivity contribution is 6.25. The molecule has 5 rings (SSSR count). The van der Waals surface area contributed by atoms with Gasteiger partial charge < -0.3 is 25.6 Å². The summed E-state index contributed by atoms with van der Waals surface area (Å²) in [4.78, 5) is 29.1. The van der Waals surface area contributed by atoms with Crippen molar-refractivity contribution in [1.29, 1.82) is 0 Å². The average molecular weight is 528 g/mol. The number of rotatable bonds is 7. The number of ether oxygens (including phenoxy) is 1. The van der Waals surface area contributed by atoms with Crippen LogP contribution in [0.2, 0.25) is 0 Å². The number of carbonyl (C=O) groups is 1. The van der Waals surface area contributed by atoms with E-state index in [4.69, 9.17) is 10.5 Å². The van der Waals surface area contributed by atoms with Crippen LogP contribution in [0.5, 0.6) is 0 Å². The van der Waals surface area contributed by atoms with Gasteiger partial charge in [-0.2, -0.15) is 0 Å². The van der Waals surface area contributed by atoms with Crippen LogP contribution in [0.1, 0.15) is 15.9 Å². The lowest BCUT2D eigenvalue weighted by Crippen LogP contribution is -2.44. The Morgan fingerprint density at radius 1 is 1.00 bits per heavy atom. The van der Waals surface area contributed by atoms with Crippen molar-refractivity contribution in [2.75, 3.05) is 83.3 Å². The highest BCUT2D eigenvalue weighted by Gasteiger charge is 2.18. The summed E-state index contributed by atoms with van der Waals surface area (Å²) < 4.78 is 5.48. The summed E-state index contributed by atoms with van der Waals surface area (Å²) in [5, 5.41) is 5.16. The number of benzene rings is 2. The smallest absolute Gasteiger partial charge is 0.255 e. The second-order valence-electron chi connectivity index (χ2n) is 10.1. The number of amides is 1.